The van der Waals surface area contributed by atoms with Gasteiger partial charge in [0.25, 0.3) is 0 Å². The van der Waals surface area contributed by atoms with Crippen molar-refractivity contribution in [2.24, 2.45) is 0 Å². The third kappa shape index (κ3) is 7.25. The van der Waals surface area contributed by atoms with Crippen molar-refractivity contribution in [2.45, 2.75) is 11.9 Å². The second-order valence-corrected chi connectivity index (χ2v) is 22.2. The van der Waals surface area contributed by atoms with Crippen LogP contribution in [0.3, 0.4) is 0 Å². The first-order valence-corrected chi connectivity index (χ1v) is 28.7. The highest BCUT2D eigenvalue weighted by atomic mass is 15.2. The number of para-hydroxylation sites is 4. The lowest BCUT2D eigenvalue weighted by Crippen LogP contribution is -2.56. The van der Waals surface area contributed by atoms with Crippen LogP contribution in [-0.2, 0) is 0 Å². The Morgan fingerprint density at radius 2 is 0.810 bits per heavy atom. The van der Waals surface area contributed by atoms with E-state index in [1.807, 2.05) is 54.6 Å². The van der Waals surface area contributed by atoms with Gasteiger partial charge in [0.05, 0.1) is 40.2 Å². The van der Waals surface area contributed by atoms with Crippen LogP contribution in [0.5, 0.6) is 0 Å². The molecule has 0 bridgehead atoms. The van der Waals surface area contributed by atoms with E-state index < -0.39 is 0 Å². The minimum Gasteiger partial charge on any atom is -0.334 e. The molecule has 2 atom stereocenters. The molecule has 9 heteroatoms. The highest BCUT2D eigenvalue weighted by molar-refractivity contribution is 7.02. The third-order valence-corrected chi connectivity index (χ3v) is 18.2. The first kappa shape index (κ1) is 48.8. The Balaban J connectivity index is 0.000000103. The van der Waals surface area contributed by atoms with Crippen molar-refractivity contribution in [3.05, 3.63) is 290 Å². The van der Waals surface area contributed by atoms with Gasteiger partial charge in [0, 0.05) is 34.1 Å². The highest BCUT2D eigenvalue weighted by Gasteiger charge is 2.49. The van der Waals surface area contributed by atoms with Crippen molar-refractivity contribution in [1.82, 2.24) is 0 Å². The normalized spacial score (nSPS) is 15.3. The molecule has 0 spiro atoms. The van der Waals surface area contributed by atoms with E-state index in [1.54, 1.807) is 0 Å². The van der Waals surface area contributed by atoms with E-state index in [0.29, 0.717) is 23.7 Å². The molecule has 6 aliphatic heterocycles. The van der Waals surface area contributed by atoms with Gasteiger partial charge in [-0.05, 0) is 139 Å². The molecule has 1 aliphatic carbocycles. The molecule has 0 saturated carbocycles. The fourth-order valence-electron chi connectivity index (χ4n) is 15.0. The quantitative estimate of drug-likeness (QED) is 0.164. The SMILES string of the molecule is N#Cc1ccc2c3c1N(c1ccccc1)[C@@H]1C=CC=CC1B3c1ccccc1-2.N#Cc1cccc(N2c3ccccc3B3c4ccccc4-c4cccc2c43)c1.N#Cc1ccccc1N1c2ccccc2B2c3ccccc3-c3cccc1c32. The molecule has 11 aromatic carbocycles. The van der Waals surface area contributed by atoms with Crippen molar-refractivity contribution >= 4 is 109 Å². The fraction of sp³-hybridized carbons (Fsp3) is 0.0267. The maximum Gasteiger partial charge on any atom is 0.248 e. The second kappa shape index (κ2) is 19.6. The van der Waals surface area contributed by atoms with E-state index >= 15 is 0 Å². The van der Waals surface area contributed by atoms with Gasteiger partial charge >= 0.3 is 0 Å². The van der Waals surface area contributed by atoms with E-state index in [0.717, 1.165) is 34.0 Å². The summed E-state index contributed by atoms with van der Waals surface area (Å²) in [5, 5.41) is 29.1. The Morgan fingerprint density at radius 3 is 1.45 bits per heavy atom. The molecule has 0 radical (unpaired) electrons. The summed E-state index contributed by atoms with van der Waals surface area (Å²) in [4.78, 5) is 6.94. The summed E-state index contributed by atoms with van der Waals surface area (Å²) in [5.74, 6) is 0.342. The molecule has 0 fully saturated rings. The van der Waals surface area contributed by atoms with Crippen molar-refractivity contribution in [2.75, 3.05) is 14.7 Å². The number of allylic oxidation sites excluding steroid dienone is 2. The van der Waals surface area contributed by atoms with Crippen LogP contribution in [-0.4, -0.2) is 26.2 Å². The maximum absolute atomic E-state index is 9.96. The molecule has 6 nitrogen and oxygen atoms in total. The summed E-state index contributed by atoms with van der Waals surface area (Å²) in [6.07, 6.45) is 8.94. The number of fused-ring (bicyclic) bond motifs is 15. The molecular formula is C75H47B3N6. The number of nitriles is 3. The number of hydrogen-bond donors (Lipinski definition) is 0. The highest BCUT2D eigenvalue weighted by Crippen LogP contribution is 2.47. The monoisotopic (exact) mass is 1060 g/mol. The molecular weight excluding hydrogens is 1020 g/mol. The summed E-state index contributed by atoms with van der Waals surface area (Å²) < 4.78 is 0. The molecule has 6 heterocycles. The summed E-state index contributed by atoms with van der Waals surface area (Å²) in [5.41, 5.74) is 29.6. The summed E-state index contributed by atoms with van der Waals surface area (Å²) in [6, 6.07) is 94.2. The van der Waals surface area contributed by atoms with Crippen molar-refractivity contribution < 1.29 is 0 Å². The Morgan fingerprint density at radius 1 is 0.333 bits per heavy atom. The van der Waals surface area contributed by atoms with Crippen LogP contribution in [0.4, 0.5) is 45.5 Å². The van der Waals surface area contributed by atoms with Gasteiger partial charge < -0.3 is 14.7 Å². The molecule has 7 aliphatic rings. The maximum atomic E-state index is 9.96. The predicted molar refractivity (Wildman–Crippen MR) is 348 cm³/mol. The lowest BCUT2D eigenvalue weighted by atomic mass is 9.32. The molecule has 18 rings (SSSR count). The molecule has 84 heavy (non-hydrogen) atoms. The Labute approximate surface area is 490 Å². The van der Waals surface area contributed by atoms with Crippen LogP contribution in [0, 0.1) is 34.0 Å². The summed E-state index contributed by atoms with van der Waals surface area (Å²) in [6.45, 7) is 0.791. The summed E-state index contributed by atoms with van der Waals surface area (Å²) >= 11 is 0. The van der Waals surface area contributed by atoms with E-state index in [2.05, 4.69) is 251 Å². The molecule has 386 valence electrons. The Bertz CT molecular complexity index is 4750. The van der Waals surface area contributed by atoms with Crippen LogP contribution in [0.2, 0.25) is 5.82 Å². The molecule has 0 saturated heterocycles. The second-order valence-electron chi connectivity index (χ2n) is 22.2. The minimum absolute atomic E-state index is 0.193. The number of rotatable bonds is 3. The average Bonchev–Trinajstić information content (AvgIpc) is 1.68. The Hall–Kier alpha value is -11.0. The third-order valence-electron chi connectivity index (χ3n) is 18.2. The van der Waals surface area contributed by atoms with Gasteiger partial charge in [-0.3, -0.25) is 0 Å². The zero-order valence-corrected chi connectivity index (χ0v) is 45.6. The largest absolute Gasteiger partial charge is 0.334 e. The van der Waals surface area contributed by atoms with Crippen LogP contribution in [0.1, 0.15) is 16.7 Å². The van der Waals surface area contributed by atoms with Gasteiger partial charge in [-0.15, -0.1) is 0 Å². The van der Waals surface area contributed by atoms with E-state index in [-0.39, 0.29) is 19.5 Å². The number of benzene rings is 11. The van der Waals surface area contributed by atoms with Gasteiger partial charge in [-0.2, -0.15) is 15.8 Å². The first-order chi connectivity index (χ1) is 41.6. The van der Waals surface area contributed by atoms with Crippen LogP contribution >= 0.6 is 0 Å². The average molecular weight is 1060 g/mol. The van der Waals surface area contributed by atoms with Gasteiger partial charge in [0.15, 0.2) is 0 Å². The van der Waals surface area contributed by atoms with Crippen molar-refractivity contribution in [1.29, 1.82) is 15.8 Å². The molecule has 11 aromatic rings. The fourth-order valence-corrected chi connectivity index (χ4v) is 15.0. The van der Waals surface area contributed by atoms with Crippen molar-refractivity contribution in [3.8, 4) is 51.6 Å². The van der Waals surface area contributed by atoms with E-state index in [4.69, 9.17) is 0 Å². The summed E-state index contributed by atoms with van der Waals surface area (Å²) in [7, 11) is 0. The van der Waals surface area contributed by atoms with Crippen molar-refractivity contribution in [3.63, 3.8) is 0 Å². The number of anilines is 8. The van der Waals surface area contributed by atoms with Gasteiger partial charge in [-0.25, -0.2) is 0 Å². The van der Waals surface area contributed by atoms with Gasteiger partial charge in [0.2, 0.25) is 20.1 Å². The van der Waals surface area contributed by atoms with Gasteiger partial charge in [-0.1, -0.05) is 217 Å². The van der Waals surface area contributed by atoms with Crippen LogP contribution in [0.15, 0.2) is 273 Å². The lowest BCUT2D eigenvalue weighted by Gasteiger charge is -2.45. The molecule has 1 unspecified atom stereocenters. The molecule has 0 amide bonds. The molecule has 0 N–H and O–H groups in total. The zero-order chi connectivity index (χ0) is 56.0. The van der Waals surface area contributed by atoms with E-state index in [9.17, 15) is 15.8 Å². The standard InChI is InChI=1S/2C25H15BN2.C25H17BN2/c27-16-17-8-1-5-13-22(17)28-23-14-6-4-12-21(23)26-20-11-3-2-9-18(20)19-10-7-15-24(28)25(19)26;27-16-17-7-5-8-18(15-17)28-23-13-4-3-12-22(23)26-21-11-2-1-9-19(21)20-10-6-14-24(28)25(20)26;27-16-17-14-15-20-19-10-4-5-11-21(19)26-22-12-6-7-13-23(22)28(25(17)24(20)26)18-8-2-1-3-9-18/h2*1-15H;1-15,22-23H/t;;22?,23-/m..1/s1. The number of hydrogen-bond acceptors (Lipinski definition) is 6. The van der Waals surface area contributed by atoms with Crippen LogP contribution in [0.25, 0.3) is 33.4 Å². The zero-order valence-electron chi connectivity index (χ0n) is 45.6. The van der Waals surface area contributed by atoms with Crippen LogP contribution < -0.4 is 58.4 Å². The smallest absolute Gasteiger partial charge is 0.248 e. The predicted octanol–water partition coefficient (Wildman–Crippen LogP) is 11.8. The Kier molecular flexibility index (Phi) is 11.4. The lowest BCUT2D eigenvalue weighted by molar-refractivity contribution is 0.766. The minimum atomic E-state index is 0.193. The number of nitrogens with zero attached hydrogens (tertiary/aromatic N) is 6. The van der Waals surface area contributed by atoms with Gasteiger partial charge in [0.1, 0.15) is 12.1 Å². The first-order valence-electron chi connectivity index (χ1n) is 28.7. The molecule has 0 aromatic heterocycles. The van der Waals surface area contributed by atoms with E-state index in [1.165, 1.54) is 94.1 Å². The topological polar surface area (TPSA) is 81.1 Å².